The van der Waals surface area contributed by atoms with Crippen molar-refractivity contribution in [1.29, 1.82) is 0 Å². The quantitative estimate of drug-likeness (QED) is 0.810. The van der Waals surface area contributed by atoms with Crippen LogP contribution >= 0.6 is 0 Å². The van der Waals surface area contributed by atoms with E-state index < -0.39 is 29.7 Å². The summed E-state index contributed by atoms with van der Waals surface area (Å²) in [4.78, 5) is 39.1. The molecule has 2 atom stereocenters. The van der Waals surface area contributed by atoms with Gasteiger partial charge in [-0.3, -0.25) is 14.4 Å². The number of amides is 2. The molecule has 0 spiro atoms. The average molecular weight is 396 g/mol. The van der Waals surface area contributed by atoms with Crippen molar-refractivity contribution in [3.63, 3.8) is 0 Å². The van der Waals surface area contributed by atoms with Gasteiger partial charge < -0.3 is 15.0 Å². The van der Waals surface area contributed by atoms with E-state index in [1.165, 1.54) is 30.7 Å². The number of halogens is 1. The maximum Gasteiger partial charge on any atom is 0.314 e. The Morgan fingerprint density at radius 2 is 1.97 bits per heavy atom. The van der Waals surface area contributed by atoms with Gasteiger partial charge in [0, 0.05) is 25.2 Å². The minimum Gasteiger partial charge on any atom is -0.452 e. The molecule has 150 valence electrons. The fraction of sp³-hybridized carbons (Fsp3) is 0.318. The van der Waals surface area contributed by atoms with E-state index in [0.717, 1.165) is 12.0 Å². The van der Waals surface area contributed by atoms with Gasteiger partial charge in [0.25, 0.3) is 5.91 Å². The van der Waals surface area contributed by atoms with Gasteiger partial charge in [0.1, 0.15) is 5.82 Å². The van der Waals surface area contributed by atoms with E-state index in [4.69, 9.17) is 4.74 Å². The van der Waals surface area contributed by atoms with Gasteiger partial charge in [0.15, 0.2) is 6.10 Å². The van der Waals surface area contributed by atoms with Crippen LogP contribution in [0.3, 0.4) is 0 Å². The molecule has 0 aliphatic carbocycles. The zero-order chi connectivity index (χ0) is 20.5. The summed E-state index contributed by atoms with van der Waals surface area (Å²) in [5.74, 6) is -2.70. The first-order valence-electron chi connectivity index (χ1n) is 9.57. The molecular formula is C22H21FN2O4. The number of nitrogens with zero attached hydrogens (tertiary/aromatic N) is 1. The van der Waals surface area contributed by atoms with Crippen LogP contribution in [0.25, 0.3) is 0 Å². The first kappa shape index (κ1) is 19.1. The van der Waals surface area contributed by atoms with Crippen LogP contribution in [0.15, 0.2) is 42.5 Å². The van der Waals surface area contributed by atoms with Crippen LogP contribution in [0.4, 0.5) is 10.1 Å². The second kappa shape index (κ2) is 7.66. The lowest BCUT2D eigenvalue weighted by Gasteiger charge is -2.31. The summed E-state index contributed by atoms with van der Waals surface area (Å²) >= 11 is 0. The number of fused-ring (bicyclic) bond motifs is 2. The molecule has 0 saturated heterocycles. The largest absolute Gasteiger partial charge is 0.452 e. The summed E-state index contributed by atoms with van der Waals surface area (Å²) in [6, 6.07) is 11.8. The lowest BCUT2D eigenvalue weighted by atomic mass is 9.90. The maximum absolute atomic E-state index is 13.5. The highest BCUT2D eigenvalue weighted by atomic mass is 19.1. The van der Waals surface area contributed by atoms with Gasteiger partial charge >= 0.3 is 5.97 Å². The van der Waals surface area contributed by atoms with Crippen molar-refractivity contribution in [1.82, 2.24) is 4.90 Å². The van der Waals surface area contributed by atoms with Crippen LogP contribution in [0, 0.1) is 5.82 Å². The monoisotopic (exact) mass is 396 g/mol. The number of carbonyl (C=O) groups is 3. The van der Waals surface area contributed by atoms with E-state index in [-0.39, 0.29) is 18.0 Å². The topological polar surface area (TPSA) is 75.7 Å². The molecule has 2 heterocycles. The third-order valence-corrected chi connectivity index (χ3v) is 5.42. The number of hydrogen-bond donors (Lipinski definition) is 1. The molecule has 2 unspecified atom stereocenters. The fourth-order valence-electron chi connectivity index (χ4n) is 3.90. The SMILES string of the molecule is CC(OC(=O)C1CC(=O)Nc2cc(F)ccc21)C(=O)N1CCc2ccccc2C1. The second-order valence-electron chi connectivity index (χ2n) is 7.39. The van der Waals surface area contributed by atoms with Crippen molar-refractivity contribution in [2.75, 3.05) is 11.9 Å². The summed E-state index contributed by atoms with van der Waals surface area (Å²) < 4.78 is 18.9. The van der Waals surface area contributed by atoms with E-state index in [9.17, 15) is 18.8 Å². The molecule has 2 aromatic carbocycles. The van der Waals surface area contributed by atoms with E-state index in [2.05, 4.69) is 11.4 Å². The van der Waals surface area contributed by atoms with Crippen molar-refractivity contribution in [2.24, 2.45) is 0 Å². The summed E-state index contributed by atoms with van der Waals surface area (Å²) in [6.07, 6.45) is -0.318. The summed E-state index contributed by atoms with van der Waals surface area (Å²) in [7, 11) is 0. The van der Waals surface area contributed by atoms with Gasteiger partial charge in [-0.1, -0.05) is 30.3 Å². The van der Waals surface area contributed by atoms with Crippen LogP contribution in [-0.2, 0) is 32.1 Å². The number of ether oxygens (including phenoxy) is 1. The fourth-order valence-corrected chi connectivity index (χ4v) is 3.90. The van der Waals surface area contributed by atoms with Crippen molar-refractivity contribution < 1.29 is 23.5 Å². The molecule has 0 aromatic heterocycles. The van der Waals surface area contributed by atoms with Gasteiger partial charge in [-0.25, -0.2) is 4.39 Å². The van der Waals surface area contributed by atoms with E-state index in [1.807, 2.05) is 18.2 Å². The summed E-state index contributed by atoms with van der Waals surface area (Å²) in [5, 5.41) is 2.56. The Labute approximate surface area is 167 Å². The first-order valence-corrected chi connectivity index (χ1v) is 9.57. The summed E-state index contributed by atoms with van der Waals surface area (Å²) in [6.45, 7) is 2.58. The minimum atomic E-state index is -0.971. The molecule has 0 saturated carbocycles. The Hall–Kier alpha value is -3.22. The number of nitrogens with one attached hydrogen (secondary N) is 1. The molecule has 2 aliphatic heterocycles. The normalized spacial score (nSPS) is 18.9. The molecule has 29 heavy (non-hydrogen) atoms. The Bertz CT molecular complexity index is 991. The zero-order valence-corrected chi connectivity index (χ0v) is 16.0. The lowest BCUT2D eigenvalue weighted by Crippen LogP contribution is -2.43. The van der Waals surface area contributed by atoms with Gasteiger partial charge in [-0.2, -0.15) is 0 Å². The number of rotatable bonds is 3. The van der Waals surface area contributed by atoms with Crippen LogP contribution in [0.2, 0.25) is 0 Å². The smallest absolute Gasteiger partial charge is 0.314 e. The van der Waals surface area contributed by atoms with Crippen LogP contribution in [0.5, 0.6) is 0 Å². The highest BCUT2D eigenvalue weighted by molar-refractivity contribution is 6.00. The molecule has 0 radical (unpaired) electrons. The molecule has 2 aliphatic rings. The van der Waals surface area contributed by atoms with Crippen molar-refractivity contribution >= 4 is 23.5 Å². The molecule has 2 amide bonds. The Balaban J connectivity index is 1.45. The van der Waals surface area contributed by atoms with Crippen molar-refractivity contribution in [2.45, 2.75) is 38.3 Å². The second-order valence-corrected chi connectivity index (χ2v) is 7.39. The van der Waals surface area contributed by atoms with Crippen LogP contribution in [-0.4, -0.2) is 35.3 Å². The molecule has 6 nitrogen and oxygen atoms in total. The molecule has 1 N–H and O–H groups in total. The van der Waals surface area contributed by atoms with Crippen LogP contribution in [0.1, 0.15) is 36.0 Å². The Morgan fingerprint density at radius 3 is 2.76 bits per heavy atom. The third-order valence-electron chi connectivity index (χ3n) is 5.42. The Kier molecular flexibility index (Phi) is 5.05. The zero-order valence-electron chi connectivity index (χ0n) is 16.0. The number of anilines is 1. The number of benzene rings is 2. The van der Waals surface area contributed by atoms with Crippen LogP contribution < -0.4 is 5.32 Å². The van der Waals surface area contributed by atoms with Crippen molar-refractivity contribution in [3.8, 4) is 0 Å². The minimum absolute atomic E-state index is 0.102. The highest BCUT2D eigenvalue weighted by Crippen LogP contribution is 2.34. The predicted octanol–water partition coefficient (Wildman–Crippen LogP) is 2.77. The van der Waals surface area contributed by atoms with E-state index >= 15 is 0 Å². The maximum atomic E-state index is 13.5. The Morgan fingerprint density at radius 1 is 1.21 bits per heavy atom. The molecule has 0 bridgehead atoms. The molecule has 7 heteroatoms. The highest BCUT2D eigenvalue weighted by Gasteiger charge is 2.35. The number of carbonyl (C=O) groups excluding carboxylic acids is 3. The molecule has 0 fully saturated rings. The van der Waals surface area contributed by atoms with E-state index in [0.29, 0.717) is 18.7 Å². The molecule has 2 aromatic rings. The van der Waals surface area contributed by atoms with Gasteiger partial charge in [-0.05, 0) is 42.2 Å². The van der Waals surface area contributed by atoms with E-state index in [1.54, 1.807) is 4.90 Å². The molecule has 4 rings (SSSR count). The van der Waals surface area contributed by atoms with Gasteiger partial charge in [0.05, 0.1) is 5.92 Å². The number of hydrogen-bond acceptors (Lipinski definition) is 4. The number of esters is 1. The molecular weight excluding hydrogens is 375 g/mol. The third kappa shape index (κ3) is 3.85. The predicted molar refractivity (Wildman–Crippen MR) is 104 cm³/mol. The lowest BCUT2D eigenvalue weighted by molar-refractivity contribution is -0.161. The first-order chi connectivity index (χ1) is 13.9. The van der Waals surface area contributed by atoms with Crippen molar-refractivity contribution in [3.05, 3.63) is 65.0 Å². The standard InChI is InChI=1S/C22H21FN2O4/c1-13(21(27)25-9-8-14-4-2-3-5-15(14)12-25)29-22(28)18-11-20(26)24-19-10-16(23)6-7-17(18)19/h2-7,10,13,18H,8-9,11-12H2,1H3,(H,24,26). The average Bonchev–Trinajstić information content (AvgIpc) is 2.71. The van der Waals surface area contributed by atoms with Gasteiger partial charge in [-0.15, -0.1) is 0 Å². The summed E-state index contributed by atoms with van der Waals surface area (Å²) in [5.41, 5.74) is 3.06. The van der Waals surface area contributed by atoms with Gasteiger partial charge in [0.2, 0.25) is 5.91 Å².